The molecular weight excluding hydrogens is 236 g/mol. The molecule has 0 aliphatic heterocycles. The lowest BCUT2D eigenvalue weighted by Crippen LogP contribution is -2.33. The summed E-state index contributed by atoms with van der Waals surface area (Å²) in [5, 5.41) is 3.45. The van der Waals surface area contributed by atoms with Gasteiger partial charge in [-0.05, 0) is 36.8 Å². The second kappa shape index (κ2) is 4.65. The Morgan fingerprint density at radius 3 is 2.82 bits per heavy atom. The van der Waals surface area contributed by atoms with E-state index in [0.29, 0.717) is 16.1 Å². The van der Waals surface area contributed by atoms with Gasteiger partial charge in [-0.3, -0.25) is 4.79 Å². The molecule has 1 aromatic heterocycles. The summed E-state index contributed by atoms with van der Waals surface area (Å²) in [6.45, 7) is 4.48. The molecule has 17 heavy (non-hydrogen) atoms. The van der Waals surface area contributed by atoms with Crippen LogP contribution in [0.25, 0.3) is 0 Å². The first-order valence-corrected chi connectivity index (χ1v) is 6.26. The molecule has 1 saturated carbocycles. The number of hydrogen-bond donors (Lipinski definition) is 1. The van der Waals surface area contributed by atoms with Crippen LogP contribution < -0.4 is 5.32 Å². The lowest BCUT2D eigenvalue weighted by atomic mass is 9.92. The summed E-state index contributed by atoms with van der Waals surface area (Å²) >= 11 is 5.68. The number of pyridine rings is 1. The topological polar surface area (TPSA) is 42.0 Å². The van der Waals surface area contributed by atoms with Crippen LogP contribution in [0.5, 0.6) is 0 Å². The molecule has 92 valence electrons. The minimum Gasteiger partial charge on any atom is -0.349 e. The largest absolute Gasteiger partial charge is 0.349 e. The number of carbonyl (C=O) groups is 1. The predicted molar refractivity (Wildman–Crippen MR) is 68.1 cm³/mol. The number of halogens is 1. The Balaban J connectivity index is 1.96. The Morgan fingerprint density at radius 1 is 1.53 bits per heavy atom. The monoisotopic (exact) mass is 252 g/mol. The molecule has 1 heterocycles. The standard InChI is InChI=1S/C13H17ClN2O/c1-13(2)6-5-10(7-13)16-12(17)9-3-4-11(14)15-8-9/h3-4,8,10H,5-7H2,1-2H3,(H,16,17). The fourth-order valence-corrected chi connectivity index (χ4v) is 2.45. The Labute approximate surface area is 107 Å². The van der Waals surface area contributed by atoms with Gasteiger partial charge in [0.2, 0.25) is 0 Å². The Hall–Kier alpha value is -1.09. The van der Waals surface area contributed by atoms with Crippen LogP contribution in [0.3, 0.4) is 0 Å². The maximum absolute atomic E-state index is 11.9. The molecule has 0 bridgehead atoms. The average Bonchev–Trinajstić information content (AvgIpc) is 2.59. The van der Waals surface area contributed by atoms with Crippen LogP contribution in [0, 0.1) is 5.41 Å². The highest BCUT2D eigenvalue weighted by Crippen LogP contribution is 2.36. The number of nitrogens with zero attached hydrogens (tertiary/aromatic N) is 1. The van der Waals surface area contributed by atoms with E-state index in [9.17, 15) is 4.79 Å². The fraction of sp³-hybridized carbons (Fsp3) is 0.538. The third kappa shape index (κ3) is 3.19. The smallest absolute Gasteiger partial charge is 0.253 e. The van der Waals surface area contributed by atoms with E-state index in [-0.39, 0.29) is 11.9 Å². The van der Waals surface area contributed by atoms with Crippen LogP contribution in [0.2, 0.25) is 5.15 Å². The van der Waals surface area contributed by atoms with E-state index in [2.05, 4.69) is 24.1 Å². The normalized spacial score (nSPS) is 22.4. The van der Waals surface area contributed by atoms with Crippen LogP contribution >= 0.6 is 11.6 Å². The first kappa shape index (κ1) is 12.4. The first-order valence-electron chi connectivity index (χ1n) is 5.89. The molecule has 1 amide bonds. The molecule has 0 saturated heterocycles. The molecule has 0 radical (unpaired) electrons. The zero-order valence-electron chi connectivity index (χ0n) is 10.2. The first-order chi connectivity index (χ1) is 7.96. The van der Waals surface area contributed by atoms with Crippen molar-refractivity contribution in [3.8, 4) is 0 Å². The number of hydrogen-bond acceptors (Lipinski definition) is 2. The molecule has 1 aromatic rings. The molecule has 1 N–H and O–H groups in total. The van der Waals surface area contributed by atoms with Gasteiger partial charge in [0.15, 0.2) is 0 Å². The Kier molecular flexibility index (Phi) is 3.38. The van der Waals surface area contributed by atoms with Crippen molar-refractivity contribution in [3.05, 3.63) is 29.0 Å². The van der Waals surface area contributed by atoms with Crippen molar-refractivity contribution in [2.75, 3.05) is 0 Å². The molecule has 3 nitrogen and oxygen atoms in total. The van der Waals surface area contributed by atoms with Gasteiger partial charge in [-0.1, -0.05) is 25.4 Å². The van der Waals surface area contributed by atoms with Gasteiger partial charge in [-0.15, -0.1) is 0 Å². The molecule has 1 aliphatic rings. The van der Waals surface area contributed by atoms with Crippen molar-refractivity contribution in [1.29, 1.82) is 0 Å². The Morgan fingerprint density at radius 2 is 2.29 bits per heavy atom. The zero-order valence-corrected chi connectivity index (χ0v) is 10.9. The average molecular weight is 253 g/mol. The molecule has 2 rings (SSSR count). The van der Waals surface area contributed by atoms with Gasteiger partial charge in [0.1, 0.15) is 5.15 Å². The number of rotatable bonds is 2. The summed E-state index contributed by atoms with van der Waals surface area (Å²) in [6, 6.07) is 3.62. The summed E-state index contributed by atoms with van der Waals surface area (Å²) in [6.07, 6.45) is 4.77. The fourth-order valence-electron chi connectivity index (χ4n) is 2.34. The third-order valence-electron chi connectivity index (χ3n) is 3.29. The van der Waals surface area contributed by atoms with Gasteiger partial charge in [0.05, 0.1) is 5.56 Å². The van der Waals surface area contributed by atoms with Gasteiger partial charge in [-0.25, -0.2) is 4.98 Å². The van der Waals surface area contributed by atoms with Crippen molar-refractivity contribution in [2.45, 2.75) is 39.2 Å². The summed E-state index contributed by atoms with van der Waals surface area (Å²) in [7, 11) is 0. The molecule has 0 aromatic carbocycles. The number of carbonyl (C=O) groups excluding carboxylic acids is 1. The quantitative estimate of drug-likeness (QED) is 0.822. The highest BCUT2D eigenvalue weighted by Gasteiger charge is 2.31. The number of nitrogens with one attached hydrogen (secondary N) is 1. The van der Waals surface area contributed by atoms with Gasteiger partial charge in [0, 0.05) is 12.2 Å². The predicted octanol–water partition coefficient (Wildman–Crippen LogP) is 3.04. The van der Waals surface area contributed by atoms with Crippen molar-refractivity contribution in [3.63, 3.8) is 0 Å². The maximum Gasteiger partial charge on any atom is 0.253 e. The summed E-state index contributed by atoms with van der Waals surface area (Å²) < 4.78 is 0. The Bertz CT molecular complexity index is 414. The van der Waals surface area contributed by atoms with Crippen LogP contribution in [-0.2, 0) is 0 Å². The third-order valence-corrected chi connectivity index (χ3v) is 3.52. The van der Waals surface area contributed by atoms with E-state index >= 15 is 0 Å². The lowest BCUT2D eigenvalue weighted by molar-refractivity contribution is 0.0935. The van der Waals surface area contributed by atoms with Crippen molar-refractivity contribution >= 4 is 17.5 Å². The summed E-state index contributed by atoms with van der Waals surface area (Å²) in [5.41, 5.74) is 0.912. The molecule has 0 spiro atoms. The second-order valence-electron chi connectivity index (χ2n) is 5.45. The maximum atomic E-state index is 11.9. The number of aromatic nitrogens is 1. The summed E-state index contributed by atoms with van der Waals surface area (Å²) in [5.74, 6) is -0.0585. The highest BCUT2D eigenvalue weighted by molar-refractivity contribution is 6.29. The zero-order chi connectivity index (χ0) is 12.5. The van der Waals surface area contributed by atoms with Gasteiger partial charge >= 0.3 is 0 Å². The van der Waals surface area contributed by atoms with Gasteiger partial charge < -0.3 is 5.32 Å². The van der Waals surface area contributed by atoms with Gasteiger partial charge in [-0.2, -0.15) is 0 Å². The molecule has 1 atom stereocenters. The highest BCUT2D eigenvalue weighted by atomic mass is 35.5. The van der Waals surface area contributed by atoms with E-state index in [1.54, 1.807) is 12.1 Å². The molecule has 1 unspecified atom stereocenters. The molecule has 4 heteroatoms. The minimum absolute atomic E-state index is 0.0585. The summed E-state index contributed by atoms with van der Waals surface area (Å²) in [4.78, 5) is 15.8. The van der Waals surface area contributed by atoms with Crippen molar-refractivity contribution in [1.82, 2.24) is 10.3 Å². The SMILES string of the molecule is CC1(C)CCC(NC(=O)c2ccc(Cl)nc2)C1. The number of amides is 1. The van der Waals surface area contributed by atoms with E-state index in [0.717, 1.165) is 19.3 Å². The van der Waals surface area contributed by atoms with E-state index in [4.69, 9.17) is 11.6 Å². The molecule has 1 fully saturated rings. The van der Waals surface area contributed by atoms with E-state index < -0.39 is 0 Å². The van der Waals surface area contributed by atoms with Crippen LogP contribution in [0.15, 0.2) is 18.3 Å². The van der Waals surface area contributed by atoms with Crippen LogP contribution in [0.1, 0.15) is 43.5 Å². The van der Waals surface area contributed by atoms with Crippen LogP contribution in [-0.4, -0.2) is 16.9 Å². The lowest BCUT2D eigenvalue weighted by Gasteiger charge is -2.17. The molecule has 1 aliphatic carbocycles. The molecular formula is C13H17ClN2O. The van der Waals surface area contributed by atoms with Gasteiger partial charge in [0.25, 0.3) is 5.91 Å². The minimum atomic E-state index is -0.0585. The van der Waals surface area contributed by atoms with Crippen LogP contribution in [0.4, 0.5) is 0 Å². The van der Waals surface area contributed by atoms with Crippen molar-refractivity contribution < 1.29 is 4.79 Å². The second-order valence-corrected chi connectivity index (χ2v) is 5.83. The van der Waals surface area contributed by atoms with E-state index in [1.165, 1.54) is 6.20 Å². The van der Waals surface area contributed by atoms with E-state index in [1.807, 2.05) is 0 Å². The van der Waals surface area contributed by atoms with Crippen molar-refractivity contribution in [2.24, 2.45) is 5.41 Å².